The molecule has 5 nitrogen and oxygen atoms in total. The number of carbonyl (C=O) groups excluding carboxylic acids is 1. The summed E-state index contributed by atoms with van der Waals surface area (Å²) in [5, 5.41) is 2.66. The van der Waals surface area contributed by atoms with Crippen molar-refractivity contribution in [3.8, 4) is 0 Å². The second-order valence-corrected chi connectivity index (χ2v) is 8.10. The number of carbonyl (C=O) groups is 1. The van der Waals surface area contributed by atoms with E-state index in [9.17, 15) is 17.6 Å². The highest BCUT2D eigenvalue weighted by Gasteiger charge is 2.18. The van der Waals surface area contributed by atoms with Crippen molar-refractivity contribution in [3.05, 3.63) is 46.6 Å². The molecule has 0 radical (unpaired) electrons. The topological polar surface area (TPSA) is 75.3 Å². The molecule has 0 saturated heterocycles. The Balaban J connectivity index is 2.12. The van der Waals surface area contributed by atoms with Gasteiger partial charge in [-0.2, -0.15) is 0 Å². The average Bonchev–Trinajstić information content (AvgIpc) is 2.92. The van der Waals surface area contributed by atoms with Crippen LogP contribution in [0.1, 0.15) is 17.4 Å². The van der Waals surface area contributed by atoms with Crippen LogP contribution in [0.2, 0.25) is 0 Å². The molecule has 23 heavy (non-hydrogen) atoms. The van der Waals surface area contributed by atoms with E-state index in [1.54, 1.807) is 13.0 Å². The molecule has 0 atom stereocenters. The summed E-state index contributed by atoms with van der Waals surface area (Å²) in [6.45, 7) is 3.58. The van der Waals surface area contributed by atoms with E-state index in [1.165, 1.54) is 25.1 Å². The van der Waals surface area contributed by atoms with E-state index in [2.05, 4.69) is 10.0 Å². The molecular weight excluding hydrogens is 339 g/mol. The number of nitrogens with one attached hydrogen (secondary N) is 2. The van der Waals surface area contributed by atoms with Crippen molar-refractivity contribution in [3.63, 3.8) is 0 Å². The van der Waals surface area contributed by atoms with Crippen molar-refractivity contribution < 1.29 is 17.6 Å². The molecule has 124 valence electrons. The van der Waals surface area contributed by atoms with Crippen LogP contribution in [0.3, 0.4) is 0 Å². The smallest absolute Gasteiger partial charge is 0.271 e. The number of benzene rings is 1. The van der Waals surface area contributed by atoms with Crippen LogP contribution in [-0.4, -0.2) is 20.9 Å². The monoisotopic (exact) mass is 356 g/mol. The second kappa shape index (κ2) is 7.10. The summed E-state index contributed by atoms with van der Waals surface area (Å²) in [5.74, 6) is -0.631. The molecule has 1 heterocycles. The predicted molar refractivity (Wildman–Crippen MR) is 88.7 cm³/mol. The van der Waals surface area contributed by atoms with Crippen LogP contribution in [-0.2, 0) is 21.2 Å². The molecule has 0 aliphatic carbocycles. The zero-order valence-electron chi connectivity index (χ0n) is 12.7. The number of amides is 1. The van der Waals surface area contributed by atoms with Gasteiger partial charge in [0.2, 0.25) is 5.91 Å². The van der Waals surface area contributed by atoms with Gasteiger partial charge in [0, 0.05) is 18.3 Å². The van der Waals surface area contributed by atoms with E-state index in [0.29, 0.717) is 18.5 Å². The lowest BCUT2D eigenvalue weighted by molar-refractivity contribution is -0.118. The Morgan fingerprint density at radius 3 is 2.70 bits per heavy atom. The van der Waals surface area contributed by atoms with Gasteiger partial charge in [-0.3, -0.25) is 9.52 Å². The number of aryl methyl sites for hydroxylation is 1. The fourth-order valence-electron chi connectivity index (χ4n) is 1.90. The minimum atomic E-state index is -3.76. The number of hydrogen-bond donors (Lipinski definition) is 2. The van der Waals surface area contributed by atoms with Gasteiger partial charge in [-0.1, -0.05) is 6.07 Å². The zero-order chi connectivity index (χ0) is 17.0. The summed E-state index contributed by atoms with van der Waals surface area (Å²) in [6, 6.07) is 7.15. The minimum absolute atomic E-state index is 0.127. The van der Waals surface area contributed by atoms with E-state index in [4.69, 9.17) is 0 Å². The molecule has 1 amide bonds. The first-order valence-corrected chi connectivity index (χ1v) is 9.20. The third kappa shape index (κ3) is 4.77. The van der Waals surface area contributed by atoms with Crippen molar-refractivity contribution in [1.82, 2.24) is 5.32 Å². The highest BCUT2D eigenvalue weighted by molar-refractivity contribution is 7.94. The largest absolute Gasteiger partial charge is 0.356 e. The third-order valence-electron chi connectivity index (χ3n) is 3.09. The molecule has 2 aromatic rings. The van der Waals surface area contributed by atoms with Crippen LogP contribution < -0.4 is 10.0 Å². The number of rotatable bonds is 6. The van der Waals surface area contributed by atoms with Crippen LogP contribution in [0.15, 0.2) is 34.5 Å². The maximum atomic E-state index is 13.3. The van der Waals surface area contributed by atoms with Gasteiger partial charge in [0.15, 0.2) is 0 Å². The predicted octanol–water partition coefficient (Wildman–Crippen LogP) is 2.68. The molecule has 0 aliphatic rings. The number of sulfonamides is 1. The first-order valence-electron chi connectivity index (χ1n) is 6.90. The van der Waals surface area contributed by atoms with Crippen molar-refractivity contribution in [2.45, 2.75) is 24.5 Å². The highest BCUT2D eigenvalue weighted by Crippen LogP contribution is 2.26. The quantitative estimate of drug-likeness (QED) is 0.836. The van der Waals surface area contributed by atoms with Gasteiger partial charge in [0.1, 0.15) is 10.0 Å². The fourth-order valence-corrected chi connectivity index (χ4v) is 4.37. The highest BCUT2D eigenvalue weighted by atomic mass is 32.2. The number of anilines is 1. The molecule has 2 N–H and O–H groups in total. The summed E-state index contributed by atoms with van der Waals surface area (Å²) in [6.07, 6.45) is 0.554. The summed E-state index contributed by atoms with van der Waals surface area (Å²) in [7, 11) is -3.76. The molecule has 0 fully saturated rings. The lowest BCUT2D eigenvalue weighted by Gasteiger charge is -2.09. The maximum absolute atomic E-state index is 13.3. The SMILES string of the molecule is CC(=O)NCCc1ccc(S(=O)(=O)Nc2cc(F)ccc2C)s1. The molecular formula is C15H17FN2O3S2. The normalized spacial score (nSPS) is 11.3. The summed E-state index contributed by atoms with van der Waals surface area (Å²) in [5.41, 5.74) is 0.857. The van der Waals surface area contributed by atoms with Gasteiger partial charge in [-0.15, -0.1) is 11.3 Å². The Labute approximate surface area is 138 Å². The van der Waals surface area contributed by atoms with Gasteiger partial charge in [-0.05, 0) is 43.2 Å². The summed E-state index contributed by atoms with van der Waals surface area (Å²) < 4.78 is 40.6. The molecule has 0 bridgehead atoms. The van der Waals surface area contributed by atoms with Crippen molar-refractivity contribution in [2.75, 3.05) is 11.3 Å². The Morgan fingerprint density at radius 2 is 2.00 bits per heavy atom. The van der Waals surface area contributed by atoms with Crippen molar-refractivity contribution in [2.24, 2.45) is 0 Å². The molecule has 1 aromatic carbocycles. The molecule has 0 spiro atoms. The lowest BCUT2D eigenvalue weighted by atomic mass is 10.2. The van der Waals surface area contributed by atoms with Gasteiger partial charge >= 0.3 is 0 Å². The van der Waals surface area contributed by atoms with E-state index in [0.717, 1.165) is 22.3 Å². The first-order chi connectivity index (χ1) is 10.8. The standard InChI is InChI=1S/C15H17FN2O3S2/c1-10-3-4-12(16)9-14(10)18-23(20,21)15-6-5-13(22-15)7-8-17-11(2)19/h3-6,9,18H,7-8H2,1-2H3,(H,17,19). The minimum Gasteiger partial charge on any atom is -0.356 e. The molecule has 8 heteroatoms. The van der Waals surface area contributed by atoms with Crippen LogP contribution in [0.4, 0.5) is 10.1 Å². The molecule has 0 aliphatic heterocycles. The third-order valence-corrected chi connectivity index (χ3v) is 6.09. The molecule has 1 aromatic heterocycles. The Hall–Kier alpha value is -1.93. The molecule has 0 saturated carbocycles. The number of thiophene rings is 1. The summed E-state index contributed by atoms with van der Waals surface area (Å²) >= 11 is 1.13. The Kier molecular flexibility index (Phi) is 5.38. The van der Waals surface area contributed by atoms with Crippen LogP contribution in [0.25, 0.3) is 0 Å². The molecule has 0 unspecified atom stereocenters. The van der Waals surface area contributed by atoms with E-state index < -0.39 is 15.8 Å². The maximum Gasteiger partial charge on any atom is 0.271 e. The average molecular weight is 356 g/mol. The molecule has 2 rings (SSSR count). The number of hydrogen-bond acceptors (Lipinski definition) is 4. The number of halogens is 1. The lowest BCUT2D eigenvalue weighted by Crippen LogP contribution is -2.22. The van der Waals surface area contributed by atoms with Gasteiger partial charge < -0.3 is 5.32 Å². The van der Waals surface area contributed by atoms with Gasteiger partial charge in [-0.25, -0.2) is 12.8 Å². The van der Waals surface area contributed by atoms with Crippen LogP contribution in [0, 0.1) is 12.7 Å². The zero-order valence-corrected chi connectivity index (χ0v) is 14.4. The second-order valence-electron chi connectivity index (χ2n) is 5.02. The van der Waals surface area contributed by atoms with E-state index >= 15 is 0 Å². The first kappa shape index (κ1) is 17.4. The Morgan fingerprint density at radius 1 is 1.26 bits per heavy atom. The van der Waals surface area contributed by atoms with Crippen molar-refractivity contribution in [1.29, 1.82) is 0 Å². The van der Waals surface area contributed by atoms with E-state index in [1.807, 2.05) is 0 Å². The fraction of sp³-hybridized carbons (Fsp3) is 0.267. The van der Waals surface area contributed by atoms with Crippen molar-refractivity contribution >= 4 is 33.0 Å². The Bertz CT molecular complexity index is 816. The van der Waals surface area contributed by atoms with Crippen LogP contribution >= 0.6 is 11.3 Å². The summed E-state index contributed by atoms with van der Waals surface area (Å²) in [4.78, 5) is 11.7. The van der Waals surface area contributed by atoms with E-state index in [-0.39, 0.29) is 15.8 Å². The van der Waals surface area contributed by atoms with Gasteiger partial charge in [0.05, 0.1) is 5.69 Å². The van der Waals surface area contributed by atoms with Crippen LogP contribution in [0.5, 0.6) is 0 Å². The van der Waals surface area contributed by atoms with Gasteiger partial charge in [0.25, 0.3) is 10.0 Å².